The van der Waals surface area contributed by atoms with E-state index in [1.165, 1.54) is 0 Å². The SMILES string of the molecule is Cl.Cl.N[C@@H]1CCC[C@H]1CC(=O)NCc1ccc(-c2ccncc2)cc1. The Labute approximate surface area is 161 Å². The number of pyridine rings is 1. The van der Waals surface area contributed by atoms with Crippen molar-refractivity contribution in [3.05, 3.63) is 54.4 Å². The van der Waals surface area contributed by atoms with Crippen molar-refractivity contribution in [3.63, 3.8) is 0 Å². The van der Waals surface area contributed by atoms with Gasteiger partial charge < -0.3 is 11.1 Å². The Morgan fingerprint density at radius 1 is 1.04 bits per heavy atom. The largest absolute Gasteiger partial charge is 0.352 e. The Morgan fingerprint density at radius 3 is 2.28 bits per heavy atom. The summed E-state index contributed by atoms with van der Waals surface area (Å²) in [5.74, 6) is 0.453. The molecule has 1 heterocycles. The second kappa shape index (κ2) is 10.4. The summed E-state index contributed by atoms with van der Waals surface area (Å²) in [5, 5.41) is 3.00. The van der Waals surface area contributed by atoms with Crippen molar-refractivity contribution in [2.24, 2.45) is 11.7 Å². The Hall–Kier alpha value is -1.62. The number of nitrogens with one attached hydrogen (secondary N) is 1. The standard InChI is InChI=1S/C19H23N3O.2ClH/c20-18-3-1-2-17(18)12-19(23)22-13-14-4-6-15(7-5-14)16-8-10-21-11-9-16;;/h4-11,17-18H,1-3,12-13,20H2,(H,22,23);2*1H/t17-,18+;;/m0../s1. The van der Waals surface area contributed by atoms with E-state index in [4.69, 9.17) is 5.73 Å². The van der Waals surface area contributed by atoms with Crippen LogP contribution in [0.5, 0.6) is 0 Å². The number of rotatable bonds is 5. The summed E-state index contributed by atoms with van der Waals surface area (Å²) in [4.78, 5) is 16.1. The normalized spacial score (nSPS) is 18.8. The predicted molar refractivity (Wildman–Crippen MR) is 106 cm³/mol. The first kappa shape index (κ1) is 21.4. The van der Waals surface area contributed by atoms with Crippen molar-refractivity contribution in [2.75, 3.05) is 0 Å². The van der Waals surface area contributed by atoms with Gasteiger partial charge in [0, 0.05) is 31.4 Å². The number of carbonyl (C=O) groups is 1. The zero-order chi connectivity index (χ0) is 16.1. The molecule has 0 radical (unpaired) electrons. The minimum absolute atomic E-state index is 0. The third-order valence-corrected chi connectivity index (χ3v) is 4.62. The zero-order valence-electron chi connectivity index (χ0n) is 14.1. The highest BCUT2D eigenvalue weighted by atomic mass is 35.5. The first-order valence-electron chi connectivity index (χ1n) is 8.24. The van der Waals surface area contributed by atoms with Crippen LogP contribution in [0.3, 0.4) is 0 Å². The van der Waals surface area contributed by atoms with Crippen molar-refractivity contribution >= 4 is 30.7 Å². The van der Waals surface area contributed by atoms with Crippen molar-refractivity contribution in [1.29, 1.82) is 0 Å². The minimum Gasteiger partial charge on any atom is -0.352 e. The molecular weight excluding hydrogens is 357 g/mol. The summed E-state index contributed by atoms with van der Waals surface area (Å²) >= 11 is 0. The number of aromatic nitrogens is 1. The number of hydrogen-bond donors (Lipinski definition) is 2. The number of carbonyl (C=O) groups excluding carboxylic acids is 1. The van der Waals surface area contributed by atoms with Gasteiger partial charge in [-0.25, -0.2) is 0 Å². The minimum atomic E-state index is 0. The second-order valence-electron chi connectivity index (χ2n) is 6.27. The number of hydrogen-bond acceptors (Lipinski definition) is 3. The predicted octanol–water partition coefficient (Wildman–Crippen LogP) is 3.73. The number of amides is 1. The highest BCUT2D eigenvalue weighted by molar-refractivity contribution is 5.85. The Kier molecular flexibility index (Phi) is 8.90. The lowest BCUT2D eigenvalue weighted by atomic mass is 10.00. The van der Waals surface area contributed by atoms with Gasteiger partial charge in [-0.1, -0.05) is 30.7 Å². The third kappa shape index (κ3) is 5.99. The van der Waals surface area contributed by atoms with E-state index < -0.39 is 0 Å². The quantitative estimate of drug-likeness (QED) is 0.828. The van der Waals surface area contributed by atoms with Gasteiger partial charge in [-0.05, 0) is 47.6 Å². The van der Waals surface area contributed by atoms with Crippen LogP contribution in [0, 0.1) is 5.92 Å². The Balaban J connectivity index is 0.00000156. The molecule has 0 spiro atoms. The molecule has 1 aromatic heterocycles. The molecular formula is C19H25Cl2N3O. The van der Waals surface area contributed by atoms with Gasteiger partial charge in [0.25, 0.3) is 0 Å². The average molecular weight is 382 g/mol. The molecule has 1 aliphatic rings. The van der Waals surface area contributed by atoms with Crippen LogP contribution in [-0.2, 0) is 11.3 Å². The van der Waals surface area contributed by atoms with Crippen molar-refractivity contribution < 1.29 is 4.79 Å². The van der Waals surface area contributed by atoms with Crippen LogP contribution >= 0.6 is 24.8 Å². The number of benzene rings is 1. The van der Waals surface area contributed by atoms with Gasteiger partial charge in [-0.15, -0.1) is 24.8 Å². The molecule has 136 valence electrons. The molecule has 0 unspecified atom stereocenters. The summed E-state index contributed by atoms with van der Waals surface area (Å²) in [7, 11) is 0. The lowest BCUT2D eigenvalue weighted by Gasteiger charge is -2.14. The fourth-order valence-electron chi connectivity index (χ4n) is 3.19. The van der Waals surface area contributed by atoms with Crippen LogP contribution in [0.15, 0.2) is 48.8 Å². The molecule has 6 heteroatoms. The molecule has 3 N–H and O–H groups in total. The summed E-state index contributed by atoms with van der Waals surface area (Å²) < 4.78 is 0. The summed E-state index contributed by atoms with van der Waals surface area (Å²) in [5.41, 5.74) is 9.42. The van der Waals surface area contributed by atoms with Gasteiger partial charge in [0.2, 0.25) is 5.91 Å². The average Bonchev–Trinajstić information content (AvgIpc) is 2.99. The van der Waals surface area contributed by atoms with Gasteiger partial charge >= 0.3 is 0 Å². The molecule has 2 atom stereocenters. The fourth-order valence-corrected chi connectivity index (χ4v) is 3.19. The van der Waals surface area contributed by atoms with Crippen molar-refractivity contribution in [3.8, 4) is 11.1 Å². The summed E-state index contributed by atoms with van der Waals surface area (Å²) in [6, 6.07) is 12.4. The number of nitrogens with zero attached hydrogens (tertiary/aromatic N) is 1. The van der Waals surface area contributed by atoms with E-state index in [0.29, 0.717) is 18.9 Å². The topological polar surface area (TPSA) is 68.0 Å². The first-order chi connectivity index (χ1) is 11.2. The lowest BCUT2D eigenvalue weighted by molar-refractivity contribution is -0.122. The van der Waals surface area contributed by atoms with E-state index in [-0.39, 0.29) is 36.8 Å². The van der Waals surface area contributed by atoms with Gasteiger partial charge in [0.1, 0.15) is 0 Å². The van der Waals surface area contributed by atoms with Gasteiger partial charge in [0.05, 0.1) is 0 Å². The lowest BCUT2D eigenvalue weighted by Crippen LogP contribution is -2.31. The number of nitrogens with two attached hydrogens (primary N) is 1. The van der Waals surface area contributed by atoms with Crippen molar-refractivity contribution in [2.45, 2.75) is 38.3 Å². The van der Waals surface area contributed by atoms with Gasteiger partial charge in [0.15, 0.2) is 0 Å². The molecule has 1 amide bonds. The van der Waals surface area contributed by atoms with Crippen LogP contribution in [0.25, 0.3) is 11.1 Å². The monoisotopic (exact) mass is 381 g/mol. The fraction of sp³-hybridized carbons (Fsp3) is 0.368. The Morgan fingerprint density at radius 2 is 1.68 bits per heavy atom. The van der Waals surface area contributed by atoms with E-state index in [0.717, 1.165) is 36.0 Å². The molecule has 1 aliphatic carbocycles. The van der Waals surface area contributed by atoms with Crippen LogP contribution in [0.4, 0.5) is 0 Å². The second-order valence-corrected chi connectivity index (χ2v) is 6.27. The molecule has 1 saturated carbocycles. The van der Waals surface area contributed by atoms with E-state index in [9.17, 15) is 4.79 Å². The molecule has 0 saturated heterocycles. The summed E-state index contributed by atoms with van der Waals surface area (Å²) in [6.07, 6.45) is 7.41. The van der Waals surface area contributed by atoms with Crippen molar-refractivity contribution in [1.82, 2.24) is 10.3 Å². The molecule has 25 heavy (non-hydrogen) atoms. The van der Waals surface area contributed by atoms with E-state index in [1.807, 2.05) is 12.1 Å². The molecule has 1 fully saturated rings. The van der Waals surface area contributed by atoms with Crippen LogP contribution in [0.1, 0.15) is 31.2 Å². The zero-order valence-corrected chi connectivity index (χ0v) is 15.7. The maximum absolute atomic E-state index is 12.0. The molecule has 4 nitrogen and oxygen atoms in total. The van der Waals surface area contributed by atoms with Crippen LogP contribution in [-0.4, -0.2) is 16.9 Å². The van der Waals surface area contributed by atoms with E-state index >= 15 is 0 Å². The third-order valence-electron chi connectivity index (χ3n) is 4.62. The van der Waals surface area contributed by atoms with Gasteiger partial charge in [-0.2, -0.15) is 0 Å². The first-order valence-corrected chi connectivity index (χ1v) is 8.24. The van der Waals surface area contributed by atoms with E-state index in [2.05, 4.69) is 34.6 Å². The molecule has 0 aliphatic heterocycles. The van der Waals surface area contributed by atoms with Gasteiger partial charge in [-0.3, -0.25) is 9.78 Å². The Bertz CT molecular complexity index is 649. The highest BCUT2D eigenvalue weighted by Crippen LogP contribution is 2.26. The molecule has 2 aromatic rings. The summed E-state index contributed by atoms with van der Waals surface area (Å²) in [6.45, 7) is 0.567. The smallest absolute Gasteiger partial charge is 0.220 e. The maximum Gasteiger partial charge on any atom is 0.220 e. The maximum atomic E-state index is 12.0. The number of halogens is 2. The van der Waals surface area contributed by atoms with Crippen LogP contribution in [0.2, 0.25) is 0 Å². The van der Waals surface area contributed by atoms with Crippen LogP contribution < -0.4 is 11.1 Å². The highest BCUT2D eigenvalue weighted by Gasteiger charge is 2.25. The molecule has 1 aromatic carbocycles. The van der Waals surface area contributed by atoms with E-state index in [1.54, 1.807) is 12.4 Å². The molecule has 0 bridgehead atoms. The molecule has 3 rings (SSSR count).